The molecule has 2 fully saturated rings. The van der Waals surface area contributed by atoms with Crippen LogP contribution >= 0.6 is 11.6 Å². The first-order valence-corrected chi connectivity index (χ1v) is 10.5. The van der Waals surface area contributed by atoms with Gasteiger partial charge in [0, 0.05) is 24.5 Å². The van der Waals surface area contributed by atoms with Gasteiger partial charge in [0.05, 0.1) is 0 Å². The van der Waals surface area contributed by atoms with E-state index in [2.05, 4.69) is 32.3 Å². The van der Waals surface area contributed by atoms with Crippen LogP contribution in [0.25, 0.3) is 0 Å². The maximum absolute atomic E-state index is 5.53. The molecule has 0 spiro atoms. The van der Waals surface area contributed by atoms with Gasteiger partial charge in [-0.05, 0) is 83.3 Å². The first-order valence-electron chi connectivity index (χ1n) is 10.1. The van der Waals surface area contributed by atoms with Gasteiger partial charge in [-0.25, -0.2) is 9.97 Å². The molecule has 0 aromatic carbocycles. The molecule has 0 unspecified atom stereocenters. The number of nitrogens with zero attached hydrogens (tertiary/aromatic N) is 3. The number of hydrogen-bond donors (Lipinski definition) is 1. The van der Waals surface area contributed by atoms with Crippen molar-refractivity contribution < 1.29 is 0 Å². The third-order valence-corrected chi connectivity index (χ3v) is 4.83. The lowest BCUT2D eigenvalue weighted by atomic mass is 10.1. The average Bonchev–Trinajstić information content (AvgIpc) is 2.71. The second kappa shape index (κ2) is 12.7. The number of halogens is 1. The van der Waals surface area contributed by atoms with E-state index in [1.807, 2.05) is 32.0 Å². The molecule has 4 heterocycles. The molecule has 0 atom stereocenters. The fourth-order valence-electron chi connectivity index (χ4n) is 3.14. The standard InChI is InChI=1S/C11H16N2.C6H6ClN.C5H11N/c1-10-6-5-7-11(12-10)13-8-3-2-4-9-13;1-5-3-2-4-6(7)8-5;1-2-4-6-5-3-1/h5-7H,2-4,8-9H2,1H3;2-4H,1H3;6H,1-5H2. The molecule has 1 N–H and O–H groups in total. The molecule has 0 amide bonds. The second-order valence-corrected chi connectivity index (χ2v) is 7.48. The van der Waals surface area contributed by atoms with Gasteiger partial charge in [0.25, 0.3) is 0 Å². The van der Waals surface area contributed by atoms with Crippen molar-refractivity contribution in [1.29, 1.82) is 0 Å². The van der Waals surface area contributed by atoms with Gasteiger partial charge in [-0.3, -0.25) is 0 Å². The highest BCUT2D eigenvalue weighted by molar-refractivity contribution is 6.29. The summed E-state index contributed by atoms with van der Waals surface area (Å²) in [6.07, 6.45) is 8.22. The number of hydrogen-bond acceptors (Lipinski definition) is 4. The van der Waals surface area contributed by atoms with E-state index in [1.54, 1.807) is 6.07 Å². The van der Waals surface area contributed by atoms with E-state index in [1.165, 1.54) is 64.7 Å². The maximum atomic E-state index is 5.53. The van der Waals surface area contributed by atoms with E-state index < -0.39 is 0 Å². The molecule has 148 valence electrons. The van der Waals surface area contributed by atoms with Crippen LogP contribution in [0.1, 0.15) is 49.9 Å². The Morgan fingerprint density at radius 2 is 1.37 bits per heavy atom. The van der Waals surface area contributed by atoms with Gasteiger partial charge < -0.3 is 10.2 Å². The van der Waals surface area contributed by atoms with Gasteiger partial charge in [0.1, 0.15) is 11.0 Å². The van der Waals surface area contributed by atoms with Gasteiger partial charge in [0.15, 0.2) is 0 Å². The van der Waals surface area contributed by atoms with E-state index in [0.29, 0.717) is 5.15 Å². The van der Waals surface area contributed by atoms with Gasteiger partial charge in [0.2, 0.25) is 0 Å². The van der Waals surface area contributed by atoms with Gasteiger partial charge in [-0.1, -0.05) is 30.2 Å². The van der Waals surface area contributed by atoms with Crippen molar-refractivity contribution in [3.63, 3.8) is 0 Å². The molecule has 0 radical (unpaired) electrons. The van der Waals surface area contributed by atoms with Crippen molar-refractivity contribution in [3.8, 4) is 0 Å². The van der Waals surface area contributed by atoms with E-state index in [-0.39, 0.29) is 0 Å². The third-order valence-electron chi connectivity index (χ3n) is 4.62. The molecular weight excluding hydrogens is 356 g/mol. The molecule has 4 rings (SSSR count). The minimum atomic E-state index is 0.560. The van der Waals surface area contributed by atoms with Crippen LogP contribution in [0.2, 0.25) is 5.15 Å². The molecule has 2 aliphatic heterocycles. The fraction of sp³-hybridized carbons (Fsp3) is 0.545. The number of piperidine rings is 2. The Balaban J connectivity index is 0.000000159. The molecule has 2 aliphatic rings. The minimum Gasteiger partial charge on any atom is -0.357 e. The molecule has 2 aromatic rings. The summed E-state index contributed by atoms with van der Waals surface area (Å²) in [5.74, 6) is 1.15. The Hall–Kier alpha value is -1.65. The van der Waals surface area contributed by atoms with Crippen LogP contribution in [0.3, 0.4) is 0 Å². The molecule has 27 heavy (non-hydrogen) atoms. The monoisotopic (exact) mass is 388 g/mol. The molecule has 0 bridgehead atoms. The van der Waals surface area contributed by atoms with E-state index in [9.17, 15) is 0 Å². The van der Waals surface area contributed by atoms with Crippen LogP contribution in [0.4, 0.5) is 5.82 Å². The van der Waals surface area contributed by atoms with Crippen molar-refractivity contribution in [2.24, 2.45) is 0 Å². The number of anilines is 1. The summed E-state index contributed by atoms with van der Waals surface area (Å²) in [5, 5.41) is 3.84. The van der Waals surface area contributed by atoms with Crippen LogP contribution in [0.15, 0.2) is 36.4 Å². The fourth-order valence-corrected chi connectivity index (χ4v) is 3.35. The lowest BCUT2D eigenvalue weighted by Gasteiger charge is -2.27. The van der Waals surface area contributed by atoms with E-state index in [0.717, 1.165) is 17.2 Å². The van der Waals surface area contributed by atoms with Gasteiger partial charge in [-0.2, -0.15) is 0 Å². The van der Waals surface area contributed by atoms with Crippen molar-refractivity contribution in [3.05, 3.63) is 52.9 Å². The average molecular weight is 389 g/mol. The molecule has 2 aromatic heterocycles. The topological polar surface area (TPSA) is 41.1 Å². The molecule has 0 saturated carbocycles. The van der Waals surface area contributed by atoms with Crippen molar-refractivity contribution in [1.82, 2.24) is 15.3 Å². The van der Waals surface area contributed by atoms with Crippen LogP contribution in [-0.4, -0.2) is 36.1 Å². The number of aryl methyl sites for hydroxylation is 2. The smallest absolute Gasteiger partial charge is 0.129 e. The van der Waals surface area contributed by atoms with Crippen molar-refractivity contribution >= 4 is 17.4 Å². The lowest BCUT2D eigenvalue weighted by Crippen LogP contribution is -2.30. The summed E-state index contributed by atoms with van der Waals surface area (Å²) in [4.78, 5) is 10.8. The second-order valence-electron chi connectivity index (χ2n) is 7.10. The maximum Gasteiger partial charge on any atom is 0.129 e. The predicted molar refractivity (Wildman–Crippen MR) is 116 cm³/mol. The third kappa shape index (κ3) is 9.21. The number of pyridine rings is 2. The number of aromatic nitrogens is 2. The largest absolute Gasteiger partial charge is 0.357 e. The first kappa shape index (κ1) is 21.6. The minimum absolute atomic E-state index is 0.560. The molecular formula is C22H33ClN4. The van der Waals surface area contributed by atoms with Gasteiger partial charge >= 0.3 is 0 Å². The predicted octanol–water partition coefficient (Wildman–Crippen LogP) is 5.18. The number of rotatable bonds is 1. The van der Waals surface area contributed by atoms with Crippen LogP contribution in [0, 0.1) is 13.8 Å². The quantitative estimate of drug-likeness (QED) is 0.683. The zero-order valence-corrected chi connectivity index (χ0v) is 17.5. The Morgan fingerprint density at radius 3 is 1.81 bits per heavy atom. The zero-order chi connectivity index (χ0) is 19.3. The Kier molecular flexibility index (Phi) is 10.2. The lowest BCUT2D eigenvalue weighted by molar-refractivity contribution is 0.520. The van der Waals surface area contributed by atoms with Crippen LogP contribution < -0.4 is 10.2 Å². The Bertz CT molecular complexity index is 624. The zero-order valence-electron chi connectivity index (χ0n) is 16.8. The first-order chi connectivity index (χ1) is 13.1. The van der Waals surface area contributed by atoms with Crippen molar-refractivity contribution in [2.45, 2.75) is 52.4 Å². The normalized spacial score (nSPS) is 16.5. The molecule has 0 aliphatic carbocycles. The molecule has 5 heteroatoms. The highest BCUT2D eigenvalue weighted by atomic mass is 35.5. The Morgan fingerprint density at radius 1 is 0.778 bits per heavy atom. The summed E-state index contributed by atoms with van der Waals surface area (Å²) in [5.41, 5.74) is 2.07. The van der Waals surface area contributed by atoms with Crippen LogP contribution in [0.5, 0.6) is 0 Å². The summed E-state index contributed by atoms with van der Waals surface area (Å²) in [6, 6.07) is 11.8. The molecule has 2 saturated heterocycles. The highest BCUT2D eigenvalue weighted by Crippen LogP contribution is 2.17. The van der Waals surface area contributed by atoms with E-state index in [4.69, 9.17) is 11.6 Å². The number of nitrogens with one attached hydrogen (secondary N) is 1. The summed E-state index contributed by atoms with van der Waals surface area (Å²) in [7, 11) is 0. The van der Waals surface area contributed by atoms with Gasteiger partial charge in [-0.15, -0.1) is 0 Å². The highest BCUT2D eigenvalue weighted by Gasteiger charge is 2.11. The van der Waals surface area contributed by atoms with Crippen LogP contribution in [-0.2, 0) is 0 Å². The van der Waals surface area contributed by atoms with E-state index >= 15 is 0 Å². The molecule has 4 nitrogen and oxygen atoms in total. The Labute approximate surface area is 169 Å². The summed E-state index contributed by atoms with van der Waals surface area (Å²) in [6.45, 7) is 8.81. The van der Waals surface area contributed by atoms with Crippen molar-refractivity contribution in [2.75, 3.05) is 31.1 Å². The summed E-state index contributed by atoms with van der Waals surface area (Å²) >= 11 is 5.53. The summed E-state index contributed by atoms with van der Waals surface area (Å²) < 4.78 is 0. The SMILES string of the molecule is C1CCNCC1.Cc1cccc(Cl)n1.Cc1cccc(N2CCCCC2)n1.